The van der Waals surface area contributed by atoms with Crippen LogP contribution in [0.2, 0.25) is 0 Å². The Morgan fingerprint density at radius 2 is 1.94 bits per heavy atom. The van der Waals surface area contributed by atoms with Crippen LogP contribution in [-0.4, -0.2) is 40.4 Å². The molecule has 0 spiro atoms. The van der Waals surface area contributed by atoms with Crippen LogP contribution in [0.3, 0.4) is 0 Å². The Kier molecular flexibility index (Phi) is 4.24. The molecule has 1 aromatic rings. The second-order valence-corrected chi connectivity index (χ2v) is 3.56. The van der Waals surface area contributed by atoms with Crippen molar-refractivity contribution < 1.29 is 29.6 Å². The Bertz CT molecular complexity index is 473. The molecule has 5 N–H and O–H groups in total. The Hall–Kier alpha value is -2.12. The number of amides is 1. The first-order valence-electron chi connectivity index (χ1n) is 4.95. The summed E-state index contributed by atoms with van der Waals surface area (Å²) in [6, 6.07) is 3.51. The molecule has 0 bridgehead atoms. The van der Waals surface area contributed by atoms with Crippen molar-refractivity contribution in [3.8, 4) is 5.75 Å². The van der Waals surface area contributed by atoms with E-state index in [-0.39, 0.29) is 11.1 Å². The zero-order chi connectivity index (χ0) is 13.9. The lowest BCUT2D eigenvalue weighted by Crippen LogP contribution is -2.33. The highest BCUT2D eigenvalue weighted by Gasteiger charge is 2.24. The van der Waals surface area contributed by atoms with Gasteiger partial charge in [0.2, 0.25) is 5.91 Å². The van der Waals surface area contributed by atoms with Crippen LogP contribution in [0.25, 0.3) is 0 Å². The minimum absolute atomic E-state index is 0.0476. The number of primary amides is 1. The van der Waals surface area contributed by atoms with E-state index in [9.17, 15) is 24.9 Å². The van der Waals surface area contributed by atoms with Gasteiger partial charge in [-0.15, -0.1) is 0 Å². The van der Waals surface area contributed by atoms with E-state index >= 15 is 0 Å². The Morgan fingerprint density at radius 3 is 2.39 bits per heavy atom. The van der Waals surface area contributed by atoms with Crippen LogP contribution in [0.1, 0.15) is 22.0 Å². The third-order valence-electron chi connectivity index (χ3n) is 2.36. The van der Waals surface area contributed by atoms with Crippen molar-refractivity contribution >= 4 is 11.9 Å². The molecule has 18 heavy (non-hydrogen) atoms. The summed E-state index contributed by atoms with van der Waals surface area (Å²) in [7, 11) is 1.15. The summed E-state index contributed by atoms with van der Waals surface area (Å²) in [6.45, 7) is 0. The van der Waals surface area contributed by atoms with Gasteiger partial charge in [-0.3, -0.25) is 4.79 Å². The second kappa shape index (κ2) is 5.48. The number of aliphatic hydroxyl groups excluding tert-OH is 2. The molecule has 0 aliphatic carbocycles. The number of aliphatic hydroxyl groups is 2. The summed E-state index contributed by atoms with van der Waals surface area (Å²) in [6.07, 6.45) is -3.38. The topological polar surface area (TPSA) is 130 Å². The van der Waals surface area contributed by atoms with Gasteiger partial charge in [-0.1, -0.05) is 6.07 Å². The normalized spacial score (nSPS) is 13.7. The number of methoxy groups -OCH3 is 1. The number of ether oxygens (including phenoxy) is 1. The number of aromatic hydroxyl groups is 1. The minimum atomic E-state index is -1.80. The van der Waals surface area contributed by atoms with E-state index in [1.54, 1.807) is 0 Å². The molecule has 7 heteroatoms. The standard InChI is InChI=1S/C11H13NO6/c1-18-11(17)6-3-2-5(4-7(6)13)8(14)9(15)10(12)16/h2-4,8-9,13-15H,1H3,(H2,12,16). The maximum Gasteiger partial charge on any atom is 0.341 e. The molecule has 0 aliphatic heterocycles. The van der Waals surface area contributed by atoms with Gasteiger partial charge in [-0.2, -0.15) is 0 Å². The van der Waals surface area contributed by atoms with Gasteiger partial charge in [0.15, 0.2) is 6.10 Å². The molecule has 0 heterocycles. The van der Waals surface area contributed by atoms with Crippen molar-refractivity contribution in [1.29, 1.82) is 0 Å². The van der Waals surface area contributed by atoms with E-state index < -0.39 is 29.8 Å². The molecule has 0 aliphatic rings. The van der Waals surface area contributed by atoms with Crippen molar-refractivity contribution in [3.05, 3.63) is 29.3 Å². The number of esters is 1. The minimum Gasteiger partial charge on any atom is -0.507 e. The molecule has 0 radical (unpaired) electrons. The summed E-state index contributed by atoms with van der Waals surface area (Å²) < 4.78 is 4.42. The number of carbonyl (C=O) groups excluding carboxylic acids is 2. The highest BCUT2D eigenvalue weighted by Crippen LogP contribution is 2.25. The highest BCUT2D eigenvalue weighted by molar-refractivity contribution is 5.92. The first-order chi connectivity index (χ1) is 8.38. The van der Waals surface area contributed by atoms with Gasteiger partial charge in [0, 0.05) is 0 Å². The summed E-state index contributed by atoms with van der Waals surface area (Å²) >= 11 is 0. The van der Waals surface area contributed by atoms with Crippen molar-refractivity contribution in [2.75, 3.05) is 7.11 Å². The average Bonchev–Trinajstić information content (AvgIpc) is 2.35. The quantitative estimate of drug-likeness (QED) is 0.513. The van der Waals surface area contributed by atoms with Crippen molar-refractivity contribution in [2.24, 2.45) is 5.73 Å². The van der Waals surface area contributed by atoms with Gasteiger partial charge in [-0.25, -0.2) is 4.79 Å². The number of nitrogens with two attached hydrogens (primary N) is 1. The third-order valence-corrected chi connectivity index (χ3v) is 2.36. The third kappa shape index (κ3) is 2.76. The molecular formula is C11H13NO6. The van der Waals surface area contributed by atoms with Crippen molar-refractivity contribution in [3.63, 3.8) is 0 Å². The van der Waals surface area contributed by atoms with Gasteiger partial charge in [0.1, 0.15) is 17.4 Å². The maximum absolute atomic E-state index is 11.2. The molecule has 1 amide bonds. The van der Waals surface area contributed by atoms with Gasteiger partial charge in [0.25, 0.3) is 0 Å². The Morgan fingerprint density at radius 1 is 1.33 bits per heavy atom. The summed E-state index contributed by atoms with van der Waals surface area (Å²) in [5.74, 6) is -2.28. The number of hydrogen-bond acceptors (Lipinski definition) is 6. The molecule has 98 valence electrons. The van der Waals surface area contributed by atoms with Gasteiger partial charge in [-0.05, 0) is 17.7 Å². The molecule has 0 aromatic heterocycles. The SMILES string of the molecule is COC(=O)c1ccc(C(O)C(O)C(N)=O)cc1O. The Labute approximate surface area is 102 Å². The lowest BCUT2D eigenvalue weighted by atomic mass is 10.0. The number of hydrogen-bond donors (Lipinski definition) is 4. The van der Waals surface area contributed by atoms with Crippen LogP contribution in [0.15, 0.2) is 18.2 Å². The maximum atomic E-state index is 11.2. The molecule has 2 atom stereocenters. The van der Waals surface area contributed by atoms with Crippen LogP contribution < -0.4 is 5.73 Å². The molecule has 2 unspecified atom stereocenters. The molecular weight excluding hydrogens is 242 g/mol. The van der Waals surface area contributed by atoms with E-state index in [0.717, 1.165) is 13.2 Å². The fourth-order valence-corrected chi connectivity index (χ4v) is 1.35. The first-order valence-corrected chi connectivity index (χ1v) is 4.95. The molecule has 0 fully saturated rings. The lowest BCUT2D eigenvalue weighted by Gasteiger charge is -2.15. The smallest absolute Gasteiger partial charge is 0.341 e. The highest BCUT2D eigenvalue weighted by atomic mass is 16.5. The fraction of sp³-hybridized carbons (Fsp3) is 0.273. The van der Waals surface area contributed by atoms with Crippen molar-refractivity contribution in [2.45, 2.75) is 12.2 Å². The summed E-state index contributed by atoms with van der Waals surface area (Å²) in [4.78, 5) is 21.9. The summed E-state index contributed by atoms with van der Waals surface area (Å²) in [5.41, 5.74) is 4.78. The fourth-order valence-electron chi connectivity index (χ4n) is 1.35. The largest absolute Gasteiger partial charge is 0.507 e. The number of phenols is 1. The van der Waals surface area contributed by atoms with Crippen LogP contribution in [0.5, 0.6) is 5.75 Å². The van der Waals surface area contributed by atoms with E-state index in [4.69, 9.17) is 5.73 Å². The number of benzene rings is 1. The van der Waals surface area contributed by atoms with E-state index in [1.165, 1.54) is 12.1 Å². The van der Waals surface area contributed by atoms with Crippen LogP contribution in [-0.2, 0) is 9.53 Å². The first kappa shape index (κ1) is 13.9. The molecule has 0 saturated heterocycles. The van der Waals surface area contributed by atoms with Crippen LogP contribution in [0, 0.1) is 0 Å². The molecule has 1 rings (SSSR count). The zero-order valence-electron chi connectivity index (χ0n) is 9.53. The van der Waals surface area contributed by atoms with Gasteiger partial charge < -0.3 is 25.8 Å². The molecule has 1 aromatic carbocycles. The number of phenolic OH excluding ortho intramolecular Hbond substituents is 1. The van der Waals surface area contributed by atoms with E-state index in [2.05, 4.69) is 4.74 Å². The zero-order valence-corrected chi connectivity index (χ0v) is 9.53. The van der Waals surface area contributed by atoms with E-state index in [0.29, 0.717) is 0 Å². The summed E-state index contributed by atoms with van der Waals surface area (Å²) in [5, 5.41) is 28.4. The second-order valence-electron chi connectivity index (χ2n) is 3.56. The van der Waals surface area contributed by atoms with Gasteiger partial charge in [0.05, 0.1) is 7.11 Å². The predicted molar refractivity (Wildman–Crippen MR) is 59.6 cm³/mol. The molecule has 0 saturated carbocycles. The number of rotatable bonds is 4. The predicted octanol–water partition coefficient (Wildman–Crippen LogP) is -0.942. The van der Waals surface area contributed by atoms with Crippen LogP contribution in [0.4, 0.5) is 0 Å². The van der Waals surface area contributed by atoms with Crippen LogP contribution >= 0.6 is 0 Å². The van der Waals surface area contributed by atoms with E-state index in [1.807, 2.05) is 0 Å². The lowest BCUT2D eigenvalue weighted by molar-refractivity contribution is -0.131. The van der Waals surface area contributed by atoms with Gasteiger partial charge >= 0.3 is 5.97 Å². The average molecular weight is 255 g/mol. The monoisotopic (exact) mass is 255 g/mol. The Balaban J connectivity index is 3.04. The number of carbonyl (C=O) groups is 2. The van der Waals surface area contributed by atoms with Crippen molar-refractivity contribution in [1.82, 2.24) is 0 Å². The molecule has 7 nitrogen and oxygen atoms in total.